The molecule has 0 radical (unpaired) electrons. The molecule has 1 fully saturated rings. The van der Waals surface area contributed by atoms with Crippen LogP contribution in [0.25, 0.3) is 0 Å². The Morgan fingerprint density at radius 1 is 1.42 bits per heavy atom. The van der Waals surface area contributed by atoms with E-state index in [1.54, 1.807) is 7.11 Å². The van der Waals surface area contributed by atoms with Crippen molar-refractivity contribution in [2.45, 2.75) is 32.5 Å². The number of aromatic nitrogens is 2. The zero-order chi connectivity index (χ0) is 13.9. The fraction of sp³-hybridized carbons (Fsp3) is 0.692. The highest BCUT2D eigenvalue weighted by atomic mass is 16.6. The predicted molar refractivity (Wildman–Crippen MR) is 70.6 cm³/mol. The van der Waals surface area contributed by atoms with Crippen LogP contribution in [0, 0.1) is 6.92 Å². The topological polar surface area (TPSA) is 65.5 Å². The molecular weight excluding hydrogens is 246 g/mol. The highest BCUT2D eigenvalue weighted by Crippen LogP contribution is 2.23. The van der Waals surface area contributed by atoms with Gasteiger partial charge >= 0.3 is 0 Å². The average molecular weight is 267 g/mol. The molecule has 1 N–H and O–H groups in total. The minimum atomic E-state index is -0.162. The van der Waals surface area contributed by atoms with Gasteiger partial charge in [0, 0.05) is 13.1 Å². The molecule has 0 saturated carbocycles. The molecule has 2 heterocycles. The van der Waals surface area contributed by atoms with Crippen LogP contribution < -0.4 is 14.8 Å². The molecule has 6 heteroatoms. The number of nitrogens with zero attached hydrogens (tertiary/aromatic N) is 2. The van der Waals surface area contributed by atoms with Crippen molar-refractivity contribution >= 4 is 0 Å². The summed E-state index contributed by atoms with van der Waals surface area (Å²) in [7, 11) is 1.58. The van der Waals surface area contributed by atoms with Crippen molar-refractivity contribution in [3.63, 3.8) is 0 Å². The minimum absolute atomic E-state index is 0.0177. The second-order valence-electron chi connectivity index (χ2n) is 5.25. The van der Waals surface area contributed by atoms with Gasteiger partial charge < -0.3 is 19.5 Å². The molecule has 0 bridgehead atoms. The number of nitrogens with one attached hydrogen (secondary N) is 1. The summed E-state index contributed by atoms with van der Waals surface area (Å²) in [5, 5.41) is 3.34. The quantitative estimate of drug-likeness (QED) is 0.876. The molecule has 19 heavy (non-hydrogen) atoms. The third-order valence-corrected chi connectivity index (χ3v) is 3.00. The van der Waals surface area contributed by atoms with E-state index in [2.05, 4.69) is 29.1 Å². The number of methoxy groups -OCH3 is 1. The van der Waals surface area contributed by atoms with Gasteiger partial charge in [0.1, 0.15) is 19.0 Å². The van der Waals surface area contributed by atoms with Crippen molar-refractivity contribution < 1.29 is 14.2 Å². The van der Waals surface area contributed by atoms with E-state index < -0.39 is 0 Å². The molecule has 1 aliphatic rings. The van der Waals surface area contributed by atoms with E-state index in [0.29, 0.717) is 18.4 Å². The van der Waals surface area contributed by atoms with Crippen LogP contribution in [0.1, 0.15) is 19.4 Å². The number of ether oxygens (including phenoxy) is 3. The first-order valence-electron chi connectivity index (χ1n) is 6.39. The third-order valence-electron chi connectivity index (χ3n) is 3.00. The van der Waals surface area contributed by atoms with Crippen LogP contribution in [0.3, 0.4) is 0 Å². The summed E-state index contributed by atoms with van der Waals surface area (Å²) < 4.78 is 16.8. The third kappa shape index (κ3) is 3.54. The Labute approximate surface area is 113 Å². The van der Waals surface area contributed by atoms with Gasteiger partial charge in [0.2, 0.25) is 11.8 Å². The first-order chi connectivity index (χ1) is 9.02. The number of rotatable bonds is 4. The average Bonchev–Trinajstić information content (AvgIpc) is 2.36. The molecule has 0 amide bonds. The molecule has 2 rings (SSSR count). The van der Waals surface area contributed by atoms with E-state index in [4.69, 9.17) is 14.2 Å². The second-order valence-corrected chi connectivity index (χ2v) is 5.25. The van der Waals surface area contributed by atoms with Gasteiger partial charge in [0.05, 0.1) is 18.3 Å². The molecule has 106 valence electrons. The van der Waals surface area contributed by atoms with Crippen LogP contribution in [0.2, 0.25) is 0 Å². The Bertz CT molecular complexity index is 437. The highest BCUT2D eigenvalue weighted by molar-refractivity contribution is 5.32. The van der Waals surface area contributed by atoms with Crippen molar-refractivity contribution in [3.8, 4) is 11.8 Å². The van der Waals surface area contributed by atoms with E-state index in [0.717, 1.165) is 18.7 Å². The Morgan fingerprint density at radius 3 is 2.84 bits per heavy atom. The second kappa shape index (κ2) is 5.71. The van der Waals surface area contributed by atoms with Crippen molar-refractivity contribution in [3.05, 3.63) is 11.9 Å². The normalized spacial score (nSPS) is 22.0. The zero-order valence-electron chi connectivity index (χ0n) is 11.9. The Kier molecular flexibility index (Phi) is 4.21. The molecule has 0 aliphatic carbocycles. The fourth-order valence-electron chi connectivity index (χ4n) is 2.10. The van der Waals surface area contributed by atoms with Crippen molar-refractivity contribution in [2.75, 3.05) is 26.8 Å². The van der Waals surface area contributed by atoms with Gasteiger partial charge in [0.15, 0.2) is 0 Å². The molecule has 6 nitrogen and oxygen atoms in total. The maximum atomic E-state index is 5.93. The summed E-state index contributed by atoms with van der Waals surface area (Å²) in [6, 6.07) is 0. The largest absolute Gasteiger partial charge is 0.481 e. The summed E-state index contributed by atoms with van der Waals surface area (Å²) in [6.07, 6.45) is 1.45. The van der Waals surface area contributed by atoms with Crippen molar-refractivity contribution in [2.24, 2.45) is 0 Å². The van der Waals surface area contributed by atoms with E-state index in [1.165, 1.54) is 6.33 Å². The van der Waals surface area contributed by atoms with E-state index >= 15 is 0 Å². The molecular formula is C13H21N3O3. The van der Waals surface area contributed by atoms with Gasteiger partial charge in [0.25, 0.3) is 0 Å². The SMILES string of the molecule is COc1ncnc(OCC2CNCC(C)(C)O2)c1C. The van der Waals surface area contributed by atoms with Crippen LogP contribution in [-0.2, 0) is 4.74 Å². The molecule has 1 aromatic heterocycles. The molecule has 1 atom stereocenters. The maximum absolute atomic E-state index is 5.93. The molecule has 0 aromatic carbocycles. The summed E-state index contributed by atoms with van der Waals surface area (Å²) >= 11 is 0. The van der Waals surface area contributed by atoms with E-state index in [9.17, 15) is 0 Å². The van der Waals surface area contributed by atoms with Gasteiger partial charge in [-0.2, -0.15) is 0 Å². The van der Waals surface area contributed by atoms with E-state index in [-0.39, 0.29) is 11.7 Å². The number of hydrogen-bond donors (Lipinski definition) is 1. The molecule has 1 unspecified atom stereocenters. The van der Waals surface area contributed by atoms with Gasteiger partial charge in [-0.1, -0.05) is 0 Å². The van der Waals surface area contributed by atoms with E-state index in [1.807, 2.05) is 6.92 Å². The van der Waals surface area contributed by atoms with Gasteiger partial charge in [-0.15, -0.1) is 0 Å². The van der Waals surface area contributed by atoms with Crippen LogP contribution in [0.5, 0.6) is 11.8 Å². The van der Waals surface area contributed by atoms with Gasteiger partial charge in [-0.25, -0.2) is 9.97 Å². The Morgan fingerprint density at radius 2 is 2.16 bits per heavy atom. The maximum Gasteiger partial charge on any atom is 0.223 e. The van der Waals surface area contributed by atoms with Crippen LogP contribution in [0.15, 0.2) is 6.33 Å². The van der Waals surface area contributed by atoms with Crippen LogP contribution in [-0.4, -0.2) is 48.5 Å². The lowest BCUT2D eigenvalue weighted by Gasteiger charge is -2.36. The van der Waals surface area contributed by atoms with Crippen LogP contribution >= 0.6 is 0 Å². The summed E-state index contributed by atoms with van der Waals surface area (Å²) in [5.74, 6) is 1.08. The van der Waals surface area contributed by atoms with Gasteiger partial charge in [-0.3, -0.25) is 0 Å². The standard InChI is InChI=1S/C13H21N3O3/c1-9-11(17-4)15-8-16-12(9)18-6-10-5-14-7-13(2,3)19-10/h8,10,14H,5-7H2,1-4H3. The molecule has 1 aromatic rings. The van der Waals surface area contributed by atoms with Crippen LogP contribution in [0.4, 0.5) is 0 Å². The first kappa shape index (κ1) is 14.0. The minimum Gasteiger partial charge on any atom is -0.481 e. The summed E-state index contributed by atoms with van der Waals surface area (Å²) in [4.78, 5) is 8.14. The molecule has 0 spiro atoms. The zero-order valence-corrected chi connectivity index (χ0v) is 11.9. The van der Waals surface area contributed by atoms with Crippen molar-refractivity contribution in [1.82, 2.24) is 15.3 Å². The predicted octanol–water partition coefficient (Wildman–Crippen LogP) is 0.939. The summed E-state index contributed by atoms with van der Waals surface area (Å²) in [5.41, 5.74) is 0.637. The monoisotopic (exact) mass is 267 g/mol. The molecule has 1 aliphatic heterocycles. The number of morpholine rings is 1. The Balaban J connectivity index is 1.95. The lowest BCUT2D eigenvalue weighted by Crippen LogP contribution is -2.52. The molecule has 1 saturated heterocycles. The Hall–Kier alpha value is -1.40. The number of hydrogen-bond acceptors (Lipinski definition) is 6. The first-order valence-corrected chi connectivity index (χ1v) is 6.39. The lowest BCUT2D eigenvalue weighted by molar-refractivity contribution is -0.107. The fourth-order valence-corrected chi connectivity index (χ4v) is 2.10. The smallest absolute Gasteiger partial charge is 0.223 e. The lowest BCUT2D eigenvalue weighted by atomic mass is 10.1. The van der Waals surface area contributed by atoms with Gasteiger partial charge in [-0.05, 0) is 20.8 Å². The highest BCUT2D eigenvalue weighted by Gasteiger charge is 2.28. The summed E-state index contributed by atoms with van der Waals surface area (Å²) in [6.45, 7) is 8.08. The van der Waals surface area contributed by atoms with Crippen molar-refractivity contribution in [1.29, 1.82) is 0 Å².